The zero-order valence-corrected chi connectivity index (χ0v) is 27.3. The van der Waals surface area contributed by atoms with E-state index in [-0.39, 0.29) is 5.82 Å². The van der Waals surface area contributed by atoms with Crippen molar-refractivity contribution in [2.24, 2.45) is 0 Å². The van der Waals surface area contributed by atoms with E-state index in [9.17, 15) is 0 Å². The van der Waals surface area contributed by atoms with Gasteiger partial charge >= 0.3 is 0 Å². The minimum atomic E-state index is -0.288. The number of ether oxygens (including phenoxy) is 2. The maximum atomic E-state index is 15.2. The first-order chi connectivity index (χ1) is 23.1. The second-order valence-corrected chi connectivity index (χ2v) is 12.6. The van der Waals surface area contributed by atoms with Crippen LogP contribution in [0, 0.1) is 34.9 Å². The number of unbranched alkanes of at least 4 members (excludes halogenated alkanes) is 2. The normalized spacial score (nSPS) is 13.4. The van der Waals surface area contributed by atoms with Crippen LogP contribution in [-0.4, -0.2) is 37.9 Å². The maximum absolute atomic E-state index is 15.2. The molecule has 5 aromatic carbocycles. The molecule has 1 aliphatic heterocycles. The number of nitrogens with one attached hydrogen (secondary N) is 1. The van der Waals surface area contributed by atoms with Crippen LogP contribution in [0.5, 0.6) is 0 Å². The van der Waals surface area contributed by atoms with Gasteiger partial charge in [-0.1, -0.05) is 72.7 Å². The minimum Gasteiger partial charge on any atom is -0.379 e. The molecule has 47 heavy (non-hydrogen) atoms. The van der Waals surface area contributed by atoms with E-state index in [1.807, 2.05) is 85.4 Å². The summed E-state index contributed by atoms with van der Waals surface area (Å²) in [6.07, 6.45) is 5.11. The fourth-order valence-electron chi connectivity index (χ4n) is 5.47. The van der Waals surface area contributed by atoms with Gasteiger partial charge in [0.1, 0.15) is 11.9 Å². The summed E-state index contributed by atoms with van der Waals surface area (Å²) in [4.78, 5) is 1.19. The first-order valence-electron chi connectivity index (χ1n) is 16.0. The molecule has 1 unspecified atom stereocenters. The Bertz CT molecular complexity index is 1990. The second kappa shape index (κ2) is 15.8. The van der Waals surface area contributed by atoms with Crippen LogP contribution in [0.4, 0.5) is 4.39 Å². The Morgan fingerprint density at radius 1 is 0.809 bits per heavy atom. The van der Waals surface area contributed by atoms with E-state index in [1.54, 1.807) is 6.07 Å². The first-order valence-corrected chi connectivity index (χ1v) is 16.9. The van der Waals surface area contributed by atoms with Gasteiger partial charge in [-0.05, 0) is 102 Å². The van der Waals surface area contributed by atoms with Crippen LogP contribution < -0.4 is 0 Å². The third-order valence-corrected chi connectivity index (χ3v) is 9.16. The SMILES string of the molecule is CC#Cc1ccc(-c2ccc3cc(C#Cc4ccc(-c5ccc(SCCCCCOCC6CO6)cc5)c(F)c4)ccc3c2C=N)cc1. The number of rotatable bonds is 12. The number of hydrogen-bond donors (Lipinski definition) is 1. The molecule has 0 bridgehead atoms. The lowest BCUT2D eigenvalue weighted by molar-refractivity contribution is 0.113. The van der Waals surface area contributed by atoms with Crippen molar-refractivity contribution < 1.29 is 13.9 Å². The molecule has 0 amide bonds. The Morgan fingerprint density at radius 3 is 2.21 bits per heavy atom. The van der Waals surface area contributed by atoms with Gasteiger partial charge in [-0.2, -0.15) is 0 Å². The Labute approximate surface area is 281 Å². The molecule has 234 valence electrons. The summed E-state index contributed by atoms with van der Waals surface area (Å²) >= 11 is 1.83. The molecule has 0 aliphatic carbocycles. The van der Waals surface area contributed by atoms with Gasteiger partial charge < -0.3 is 14.9 Å². The number of hydrogen-bond acceptors (Lipinski definition) is 4. The van der Waals surface area contributed by atoms with E-state index in [2.05, 4.69) is 41.9 Å². The number of fused-ring (bicyclic) bond motifs is 1. The largest absolute Gasteiger partial charge is 0.379 e. The van der Waals surface area contributed by atoms with E-state index in [0.717, 1.165) is 89.0 Å². The van der Waals surface area contributed by atoms with E-state index in [4.69, 9.17) is 14.9 Å². The van der Waals surface area contributed by atoms with Crippen molar-refractivity contribution in [3.05, 3.63) is 125 Å². The van der Waals surface area contributed by atoms with Crippen molar-refractivity contribution >= 4 is 28.7 Å². The van der Waals surface area contributed by atoms with Crippen molar-refractivity contribution in [3.63, 3.8) is 0 Å². The smallest absolute Gasteiger partial charge is 0.132 e. The molecule has 0 aromatic heterocycles. The van der Waals surface area contributed by atoms with Crippen molar-refractivity contribution in [1.29, 1.82) is 5.41 Å². The van der Waals surface area contributed by atoms with Crippen molar-refractivity contribution in [1.82, 2.24) is 0 Å². The molecule has 1 atom stereocenters. The molecular weight excluding hydrogens is 602 g/mol. The Hall–Kier alpha value is -4.65. The fraction of sp³-hybridized carbons (Fsp3) is 0.214. The highest BCUT2D eigenvalue weighted by Crippen LogP contribution is 2.31. The summed E-state index contributed by atoms with van der Waals surface area (Å²) in [5.41, 5.74) is 6.74. The topological polar surface area (TPSA) is 45.6 Å². The monoisotopic (exact) mass is 637 g/mol. The number of thioether (sulfide) groups is 1. The number of halogens is 1. The van der Waals surface area contributed by atoms with Gasteiger partial charge in [0.2, 0.25) is 0 Å². The average molecular weight is 638 g/mol. The lowest BCUT2D eigenvalue weighted by atomic mass is 9.93. The van der Waals surface area contributed by atoms with Crippen molar-refractivity contribution in [2.45, 2.75) is 37.2 Å². The third kappa shape index (κ3) is 8.59. The lowest BCUT2D eigenvalue weighted by Gasteiger charge is -2.10. The molecule has 0 spiro atoms. The highest BCUT2D eigenvalue weighted by atomic mass is 32.2. The molecule has 3 nitrogen and oxygen atoms in total. The van der Waals surface area contributed by atoms with Crippen LogP contribution in [0.3, 0.4) is 0 Å². The van der Waals surface area contributed by atoms with E-state index >= 15 is 4.39 Å². The predicted octanol–water partition coefficient (Wildman–Crippen LogP) is 9.76. The van der Waals surface area contributed by atoms with Crippen molar-refractivity contribution in [2.75, 3.05) is 25.6 Å². The molecule has 6 rings (SSSR count). The zero-order valence-electron chi connectivity index (χ0n) is 26.4. The molecule has 1 aliphatic rings. The maximum Gasteiger partial charge on any atom is 0.132 e. The van der Waals surface area contributed by atoms with Gasteiger partial charge in [0.25, 0.3) is 0 Å². The number of epoxide rings is 1. The Morgan fingerprint density at radius 2 is 1.49 bits per heavy atom. The van der Waals surface area contributed by atoms with Gasteiger partial charge in [0, 0.05) is 45.5 Å². The lowest BCUT2D eigenvalue weighted by Crippen LogP contribution is -2.02. The summed E-state index contributed by atoms with van der Waals surface area (Å²) in [5, 5.41) is 10.1. The average Bonchev–Trinajstić information content (AvgIpc) is 3.93. The molecule has 1 heterocycles. The molecule has 5 aromatic rings. The Kier molecular flexibility index (Phi) is 10.8. The van der Waals surface area contributed by atoms with Crippen LogP contribution in [0.25, 0.3) is 33.0 Å². The molecule has 5 heteroatoms. The minimum absolute atomic E-state index is 0.288. The van der Waals surface area contributed by atoms with Gasteiger partial charge in [-0.15, -0.1) is 17.7 Å². The van der Waals surface area contributed by atoms with Crippen molar-refractivity contribution in [3.8, 4) is 45.9 Å². The summed E-state index contributed by atoms with van der Waals surface area (Å²) in [6, 6.07) is 31.5. The fourth-order valence-corrected chi connectivity index (χ4v) is 6.38. The highest BCUT2D eigenvalue weighted by molar-refractivity contribution is 7.99. The van der Waals surface area contributed by atoms with E-state index in [0.29, 0.717) is 17.2 Å². The predicted molar refractivity (Wildman–Crippen MR) is 193 cm³/mol. The van der Waals surface area contributed by atoms with Crippen LogP contribution in [-0.2, 0) is 9.47 Å². The first kappa shape index (κ1) is 32.3. The quantitative estimate of drug-likeness (QED) is 0.0487. The van der Waals surface area contributed by atoms with Crippen LogP contribution in [0.1, 0.15) is 48.4 Å². The molecule has 0 radical (unpaired) electrons. The standard InChI is InChI=1S/C42H36FNO2S/c1-2-6-30-9-13-33(14-10-30)38-22-17-35-25-31(11-20-39(35)41(38)27-44)7-8-32-12-21-40(42(43)26-32)34-15-18-37(19-16-34)47-24-5-3-4-23-45-28-36-29-46-36/h9-22,25-27,36,44H,3-5,23-24,28-29H2,1H3. The van der Waals surface area contributed by atoms with E-state index in [1.165, 1.54) is 17.2 Å². The van der Waals surface area contributed by atoms with Crippen LogP contribution >= 0.6 is 11.8 Å². The second-order valence-electron chi connectivity index (χ2n) is 11.5. The summed E-state index contributed by atoms with van der Waals surface area (Å²) in [5.74, 6) is 13.1. The zero-order chi connectivity index (χ0) is 32.4. The van der Waals surface area contributed by atoms with Gasteiger partial charge in [-0.25, -0.2) is 4.39 Å². The van der Waals surface area contributed by atoms with Crippen LogP contribution in [0.15, 0.2) is 102 Å². The van der Waals surface area contributed by atoms with Gasteiger partial charge in [0.05, 0.1) is 13.2 Å². The molecule has 1 fully saturated rings. The summed E-state index contributed by atoms with van der Waals surface area (Å²) < 4.78 is 25.9. The van der Waals surface area contributed by atoms with Crippen LogP contribution in [0.2, 0.25) is 0 Å². The highest BCUT2D eigenvalue weighted by Gasteiger charge is 2.21. The summed E-state index contributed by atoms with van der Waals surface area (Å²) in [7, 11) is 0. The summed E-state index contributed by atoms with van der Waals surface area (Å²) in [6.45, 7) is 4.20. The van der Waals surface area contributed by atoms with E-state index < -0.39 is 0 Å². The van der Waals surface area contributed by atoms with Gasteiger partial charge in [0.15, 0.2) is 0 Å². The molecular formula is C42H36FNO2S. The third-order valence-electron chi connectivity index (χ3n) is 8.06. The molecule has 1 N–H and O–H groups in total. The Balaban J connectivity index is 1.07. The van der Waals surface area contributed by atoms with Gasteiger partial charge in [-0.3, -0.25) is 0 Å². The number of benzene rings is 5. The molecule has 1 saturated heterocycles. The molecule has 0 saturated carbocycles.